The lowest BCUT2D eigenvalue weighted by Gasteiger charge is -2.38. The molecule has 0 aromatic carbocycles. The fourth-order valence-corrected chi connectivity index (χ4v) is 1.75. The van der Waals surface area contributed by atoms with E-state index in [4.69, 9.17) is 4.42 Å². The summed E-state index contributed by atoms with van der Waals surface area (Å²) in [6.07, 6.45) is 2.59. The van der Waals surface area contributed by atoms with E-state index in [9.17, 15) is 4.79 Å². The maximum atomic E-state index is 11.7. The van der Waals surface area contributed by atoms with E-state index in [-0.39, 0.29) is 5.91 Å². The molecule has 0 spiro atoms. The van der Waals surface area contributed by atoms with Crippen molar-refractivity contribution in [1.82, 2.24) is 4.90 Å². The zero-order valence-electron chi connectivity index (χ0n) is 7.29. The summed E-state index contributed by atoms with van der Waals surface area (Å²) in [5.74, 6) is 0.0631. The van der Waals surface area contributed by atoms with Crippen molar-refractivity contribution >= 4 is 21.8 Å². The van der Waals surface area contributed by atoms with Crippen molar-refractivity contribution in [3.05, 3.63) is 22.6 Å². The molecule has 1 atom stereocenters. The highest BCUT2D eigenvalue weighted by Crippen LogP contribution is 2.22. The highest BCUT2D eigenvalue weighted by atomic mass is 79.9. The third-order valence-electron chi connectivity index (χ3n) is 2.40. The predicted molar refractivity (Wildman–Crippen MR) is 51.5 cm³/mol. The second-order valence-corrected chi connectivity index (χ2v) is 4.06. The maximum Gasteiger partial charge on any atom is 0.257 e. The highest BCUT2D eigenvalue weighted by Gasteiger charge is 2.29. The molecule has 1 fully saturated rings. The first-order valence-corrected chi connectivity index (χ1v) is 5.03. The molecule has 1 amide bonds. The molecule has 0 aliphatic carbocycles. The minimum atomic E-state index is 0.0631. The monoisotopic (exact) mass is 243 g/mol. The van der Waals surface area contributed by atoms with Crippen LogP contribution in [0.1, 0.15) is 23.7 Å². The summed E-state index contributed by atoms with van der Waals surface area (Å²) in [7, 11) is 0. The van der Waals surface area contributed by atoms with E-state index in [1.54, 1.807) is 6.07 Å². The zero-order valence-corrected chi connectivity index (χ0v) is 8.87. The topological polar surface area (TPSA) is 33.5 Å². The van der Waals surface area contributed by atoms with Crippen LogP contribution in [0.3, 0.4) is 0 Å². The van der Waals surface area contributed by atoms with Gasteiger partial charge in [0, 0.05) is 18.7 Å². The standard InChI is InChI=1S/C9H10BrNO2/c1-6-2-3-11(6)9(12)7-4-8(10)13-5-7/h4-6H,2-3H2,1H3. The highest BCUT2D eigenvalue weighted by molar-refractivity contribution is 9.10. The van der Waals surface area contributed by atoms with Crippen molar-refractivity contribution in [2.75, 3.05) is 6.54 Å². The van der Waals surface area contributed by atoms with Crippen molar-refractivity contribution in [3.8, 4) is 0 Å². The number of carbonyl (C=O) groups excluding carboxylic acids is 1. The Kier molecular flexibility index (Phi) is 2.15. The minimum absolute atomic E-state index is 0.0631. The summed E-state index contributed by atoms with van der Waals surface area (Å²) in [4.78, 5) is 13.5. The molecule has 1 aromatic rings. The summed E-state index contributed by atoms with van der Waals surface area (Å²) in [5.41, 5.74) is 0.624. The SMILES string of the molecule is CC1CCN1C(=O)c1coc(Br)c1. The number of likely N-dealkylation sites (tertiary alicyclic amines) is 1. The van der Waals surface area contributed by atoms with Gasteiger partial charge >= 0.3 is 0 Å². The molecule has 13 heavy (non-hydrogen) atoms. The Morgan fingerprint density at radius 3 is 2.92 bits per heavy atom. The van der Waals surface area contributed by atoms with E-state index >= 15 is 0 Å². The Bertz CT molecular complexity index is 334. The van der Waals surface area contributed by atoms with Gasteiger partial charge in [0.1, 0.15) is 6.26 Å². The van der Waals surface area contributed by atoms with Crippen LogP contribution in [0.4, 0.5) is 0 Å². The lowest BCUT2D eigenvalue weighted by atomic mass is 10.0. The van der Waals surface area contributed by atoms with Crippen molar-refractivity contribution in [2.45, 2.75) is 19.4 Å². The molecule has 2 rings (SSSR count). The molecule has 0 N–H and O–H groups in total. The summed E-state index contributed by atoms with van der Waals surface area (Å²) in [6.45, 7) is 2.92. The Hall–Kier alpha value is -0.770. The summed E-state index contributed by atoms with van der Waals surface area (Å²) >= 11 is 3.17. The number of halogens is 1. The van der Waals surface area contributed by atoms with Crippen molar-refractivity contribution < 1.29 is 9.21 Å². The van der Waals surface area contributed by atoms with Gasteiger partial charge in [-0.25, -0.2) is 0 Å². The zero-order chi connectivity index (χ0) is 9.42. The average Bonchev–Trinajstić information content (AvgIpc) is 2.49. The van der Waals surface area contributed by atoms with Crippen molar-refractivity contribution in [1.29, 1.82) is 0 Å². The smallest absolute Gasteiger partial charge is 0.257 e. The molecule has 0 bridgehead atoms. The van der Waals surface area contributed by atoms with Gasteiger partial charge in [-0.05, 0) is 29.3 Å². The molecule has 0 saturated carbocycles. The van der Waals surface area contributed by atoms with Crippen LogP contribution >= 0.6 is 15.9 Å². The molecule has 0 radical (unpaired) electrons. The average molecular weight is 244 g/mol. The number of hydrogen-bond acceptors (Lipinski definition) is 2. The van der Waals surface area contributed by atoms with Gasteiger partial charge in [0.25, 0.3) is 5.91 Å². The number of carbonyl (C=O) groups is 1. The van der Waals surface area contributed by atoms with E-state index in [0.29, 0.717) is 16.3 Å². The van der Waals surface area contributed by atoms with Crippen LogP contribution in [-0.4, -0.2) is 23.4 Å². The Labute approximate surface area is 84.8 Å². The third kappa shape index (κ3) is 1.50. The Morgan fingerprint density at radius 1 is 1.77 bits per heavy atom. The van der Waals surface area contributed by atoms with Gasteiger partial charge in [-0.2, -0.15) is 0 Å². The minimum Gasteiger partial charge on any atom is -0.457 e. The van der Waals surface area contributed by atoms with Crippen LogP contribution in [0.5, 0.6) is 0 Å². The van der Waals surface area contributed by atoms with Crippen LogP contribution in [-0.2, 0) is 0 Å². The summed E-state index contributed by atoms with van der Waals surface area (Å²) in [5, 5.41) is 0. The van der Waals surface area contributed by atoms with Gasteiger partial charge in [-0.1, -0.05) is 0 Å². The molecule has 1 saturated heterocycles. The second-order valence-electron chi connectivity index (χ2n) is 3.28. The van der Waals surface area contributed by atoms with Crippen LogP contribution < -0.4 is 0 Å². The predicted octanol–water partition coefficient (Wildman–Crippen LogP) is 2.28. The summed E-state index contributed by atoms with van der Waals surface area (Å²) in [6, 6.07) is 2.08. The molecule has 4 heteroatoms. The quantitative estimate of drug-likeness (QED) is 0.759. The second kappa shape index (κ2) is 3.18. The molecular weight excluding hydrogens is 234 g/mol. The van der Waals surface area contributed by atoms with Crippen molar-refractivity contribution in [3.63, 3.8) is 0 Å². The molecule has 1 aliphatic rings. The normalized spacial score (nSPS) is 21.4. The molecular formula is C9H10BrNO2. The van der Waals surface area contributed by atoms with E-state index in [0.717, 1.165) is 13.0 Å². The van der Waals surface area contributed by atoms with Crippen LogP contribution in [0, 0.1) is 0 Å². The van der Waals surface area contributed by atoms with Crippen molar-refractivity contribution in [2.24, 2.45) is 0 Å². The third-order valence-corrected chi connectivity index (χ3v) is 2.81. The molecule has 2 heterocycles. The number of rotatable bonds is 1. The molecule has 1 aromatic heterocycles. The van der Waals surface area contributed by atoms with E-state index < -0.39 is 0 Å². The van der Waals surface area contributed by atoms with E-state index in [1.165, 1.54) is 6.26 Å². The lowest BCUT2D eigenvalue weighted by molar-refractivity contribution is 0.0501. The van der Waals surface area contributed by atoms with Crippen LogP contribution in [0.25, 0.3) is 0 Å². The first-order chi connectivity index (χ1) is 6.18. The van der Waals surface area contributed by atoms with Gasteiger partial charge in [0.2, 0.25) is 0 Å². The number of amides is 1. The van der Waals surface area contributed by atoms with Crippen LogP contribution in [0.2, 0.25) is 0 Å². The fourth-order valence-electron chi connectivity index (χ4n) is 1.41. The number of furan rings is 1. The molecule has 1 unspecified atom stereocenters. The van der Waals surface area contributed by atoms with Gasteiger partial charge in [0.05, 0.1) is 5.56 Å². The Balaban J connectivity index is 2.13. The van der Waals surface area contributed by atoms with Gasteiger partial charge in [-0.15, -0.1) is 0 Å². The van der Waals surface area contributed by atoms with Gasteiger partial charge < -0.3 is 9.32 Å². The number of nitrogens with zero attached hydrogens (tertiary/aromatic N) is 1. The van der Waals surface area contributed by atoms with E-state index in [2.05, 4.69) is 22.9 Å². The number of hydrogen-bond donors (Lipinski definition) is 0. The van der Waals surface area contributed by atoms with E-state index in [1.807, 2.05) is 4.90 Å². The molecule has 70 valence electrons. The maximum absolute atomic E-state index is 11.7. The Morgan fingerprint density at radius 2 is 2.54 bits per heavy atom. The first-order valence-electron chi connectivity index (χ1n) is 4.23. The van der Waals surface area contributed by atoms with Crippen LogP contribution in [0.15, 0.2) is 21.4 Å². The first kappa shape index (κ1) is 8.81. The van der Waals surface area contributed by atoms with Gasteiger partial charge in [-0.3, -0.25) is 4.79 Å². The van der Waals surface area contributed by atoms with Gasteiger partial charge in [0.15, 0.2) is 4.67 Å². The summed E-state index contributed by atoms with van der Waals surface area (Å²) < 4.78 is 5.61. The fraction of sp³-hybridized carbons (Fsp3) is 0.444. The lowest BCUT2D eigenvalue weighted by Crippen LogP contribution is -2.49. The molecule has 3 nitrogen and oxygen atoms in total. The largest absolute Gasteiger partial charge is 0.457 e. The molecule has 1 aliphatic heterocycles.